The summed E-state index contributed by atoms with van der Waals surface area (Å²) in [5.41, 5.74) is 2.31. The van der Waals surface area contributed by atoms with E-state index >= 15 is 0 Å². The minimum absolute atomic E-state index is 0.200. The largest absolute Gasteiger partial charge is 0.481 e. The Balaban J connectivity index is 1.75. The maximum atomic E-state index is 12.4. The number of likely N-dealkylation sites (tertiary alicyclic amines) is 1. The lowest BCUT2D eigenvalue weighted by Gasteiger charge is -2.20. The Morgan fingerprint density at radius 1 is 1.36 bits per heavy atom. The highest BCUT2D eigenvalue weighted by molar-refractivity contribution is 5.91. The van der Waals surface area contributed by atoms with E-state index in [1.807, 2.05) is 26.0 Å². The van der Waals surface area contributed by atoms with Crippen molar-refractivity contribution >= 4 is 17.7 Å². The summed E-state index contributed by atoms with van der Waals surface area (Å²) in [6.45, 7) is 6.08. The Hall–Kier alpha value is -2.83. The summed E-state index contributed by atoms with van der Waals surface area (Å²) in [6, 6.07) is 5.20. The molecule has 1 aromatic carbocycles. The Bertz CT molecular complexity index is 829. The highest BCUT2D eigenvalue weighted by Gasteiger charge is 2.42. The molecule has 2 N–H and O–H groups in total. The first-order valence-corrected chi connectivity index (χ1v) is 8.11. The summed E-state index contributed by atoms with van der Waals surface area (Å²) in [5, 5.41) is 12.1. The Kier molecular flexibility index (Phi) is 4.24. The van der Waals surface area contributed by atoms with E-state index in [1.165, 1.54) is 4.90 Å². The quantitative estimate of drug-likeness (QED) is 0.891. The average molecular weight is 343 g/mol. The molecule has 1 aromatic heterocycles. The number of hydrogen-bond donors (Lipinski definition) is 2. The zero-order chi connectivity index (χ0) is 18.2. The number of urea groups is 1. The second kappa shape index (κ2) is 6.23. The van der Waals surface area contributed by atoms with E-state index < -0.39 is 11.4 Å². The molecule has 0 aliphatic carbocycles. The van der Waals surface area contributed by atoms with Crippen molar-refractivity contribution in [1.29, 1.82) is 0 Å². The summed E-state index contributed by atoms with van der Waals surface area (Å²) in [5.74, 6) is -0.370. The monoisotopic (exact) mass is 343 g/mol. The summed E-state index contributed by atoms with van der Waals surface area (Å²) in [7, 11) is 0. The van der Waals surface area contributed by atoms with Crippen molar-refractivity contribution in [2.75, 3.05) is 18.4 Å². The van der Waals surface area contributed by atoms with Gasteiger partial charge >= 0.3 is 12.0 Å². The number of benzene rings is 1. The fraction of sp³-hybridized carbons (Fsp3) is 0.389. The van der Waals surface area contributed by atoms with Crippen molar-refractivity contribution in [2.45, 2.75) is 27.2 Å². The molecule has 0 unspecified atom stereocenters. The Morgan fingerprint density at radius 3 is 2.72 bits per heavy atom. The molecule has 1 aliphatic heterocycles. The van der Waals surface area contributed by atoms with E-state index in [0.29, 0.717) is 24.5 Å². The molecule has 0 bridgehead atoms. The highest BCUT2D eigenvalue weighted by Crippen LogP contribution is 2.31. The molecule has 0 spiro atoms. The number of aryl methyl sites for hydroxylation is 2. The molecule has 3 rings (SSSR count). The fourth-order valence-electron chi connectivity index (χ4n) is 2.92. The van der Waals surface area contributed by atoms with E-state index in [1.54, 1.807) is 19.3 Å². The van der Waals surface area contributed by atoms with Crippen LogP contribution in [0.15, 0.2) is 28.9 Å². The first-order valence-electron chi connectivity index (χ1n) is 8.11. The summed E-state index contributed by atoms with van der Waals surface area (Å²) in [6.07, 6.45) is 2.03. The van der Waals surface area contributed by atoms with Gasteiger partial charge in [0, 0.05) is 24.3 Å². The predicted molar refractivity (Wildman–Crippen MR) is 92.4 cm³/mol. The predicted octanol–water partition coefficient (Wildman–Crippen LogP) is 3.29. The first kappa shape index (κ1) is 17.0. The second-order valence-electron chi connectivity index (χ2n) is 6.79. The molecule has 0 saturated carbocycles. The van der Waals surface area contributed by atoms with Crippen molar-refractivity contribution in [1.82, 2.24) is 9.88 Å². The van der Waals surface area contributed by atoms with Gasteiger partial charge in [-0.1, -0.05) is 6.07 Å². The number of oxazole rings is 1. The lowest BCUT2D eigenvalue weighted by Crippen LogP contribution is -2.37. The minimum atomic E-state index is -0.884. The lowest BCUT2D eigenvalue weighted by atomic mass is 9.90. The zero-order valence-electron chi connectivity index (χ0n) is 14.5. The summed E-state index contributed by atoms with van der Waals surface area (Å²) < 4.78 is 5.45. The third kappa shape index (κ3) is 3.35. The van der Waals surface area contributed by atoms with Gasteiger partial charge in [0.2, 0.25) is 5.89 Å². The maximum Gasteiger partial charge on any atom is 0.321 e. The number of carbonyl (C=O) groups excluding carboxylic acids is 1. The molecule has 2 aromatic rings. The van der Waals surface area contributed by atoms with Gasteiger partial charge in [-0.2, -0.15) is 0 Å². The van der Waals surface area contributed by atoms with Crippen LogP contribution in [0, 0.1) is 19.3 Å². The molecule has 1 fully saturated rings. The zero-order valence-corrected chi connectivity index (χ0v) is 14.5. The van der Waals surface area contributed by atoms with Gasteiger partial charge in [-0.05, 0) is 44.9 Å². The van der Waals surface area contributed by atoms with Gasteiger partial charge in [-0.3, -0.25) is 4.79 Å². The van der Waals surface area contributed by atoms with Crippen LogP contribution in [0.2, 0.25) is 0 Å². The molecule has 2 heterocycles. The second-order valence-corrected chi connectivity index (χ2v) is 6.79. The van der Waals surface area contributed by atoms with Crippen LogP contribution in [0.3, 0.4) is 0 Å². The number of amides is 2. The van der Waals surface area contributed by atoms with E-state index in [4.69, 9.17) is 4.42 Å². The number of nitrogens with one attached hydrogen (secondary N) is 1. The molecule has 2 amide bonds. The molecule has 1 aliphatic rings. The maximum absolute atomic E-state index is 12.4. The number of carbonyl (C=O) groups is 2. The van der Waals surface area contributed by atoms with Crippen LogP contribution in [0.4, 0.5) is 10.5 Å². The van der Waals surface area contributed by atoms with Gasteiger partial charge < -0.3 is 19.7 Å². The van der Waals surface area contributed by atoms with Gasteiger partial charge in [0.05, 0.1) is 11.1 Å². The molecule has 1 atom stereocenters. The van der Waals surface area contributed by atoms with Gasteiger partial charge in [0.1, 0.15) is 6.26 Å². The van der Waals surface area contributed by atoms with Gasteiger partial charge in [-0.25, -0.2) is 9.78 Å². The standard InChI is InChI=1S/C18H21N3O4/c1-11-4-5-13(8-14(11)15-19-12(2)9-25-15)20-17(24)21-7-6-18(3,10-21)16(22)23/h4-5,8-9H,6-7,10H2,1-3H3,(H,20,24)(H,22,23)/t18-/m0/s1. The fourth-order valence-corrected chi connectivity index (χ4v) is 2.92. The highest BCUT2D eigenvalue weighted by atomic mass is 16.4. The molecule has 7 nitrogen and oxygen atoms in total. The van der Waals surface area contributed by atoms with Crippen molar-refractivity contribution in [3.63, 3.8) is 0 Å². The number of aromatic nitrogens is 1. The summed E-state index contributed by atoms with van der Waals surface area (Å²) >= 11 is 0. The molecular weight excluding hydrogens is 322 g/mol. The third-order valence-corrected chi connectivity index (χ3v) is 4.62. The summed E-state index contributed by atoms with van der Waals surface area (Å²) in [4.78, 5) is 29.6. The Morgan fingerprint density at radius 2 is 2.12 bits per heavy atom. The topological polar surface area (TPSA) is 95.7 Å². The van der Waals surface area contributed by atoms with Crippen LogP contribution in [0.25, 0.3) is 11.5 Å². The van der Waals surface area contributed by atoms with E-state index in [0.717, 1.165) is 16.8 Å². The number of aliphatic carboxylic acids is 1. The van der Waals surface area contributed by atoms with E-state index in [9.17, 15) is 14.7 Å². The smallest absolute Gasteiger partial charge is 0.321 e. The average Bonchev–Trinajstić information content (AvgIpc) is 3.16. The number of carboxylic acid groups (broad SMARTS) is 1. The van der Waals surface area contributed by atoms with Crippen molar-refractivity contribution in [2.24, 2.45) is 5.41 Å². The first-order chi connectivity index (χ1) is 11.8. The van der Waals surface area contributed by atoms with Crippen LogP contribution in [0.5, 0.6) is 0 Å². The molecule has 7 heteroatoms. The molecule has 132 valence electrons. The van der Waals surface area contributed by atoms with Crippen molar-refractivity contribution in [3.05, 3.63) is 35.7 Å². The molecule has 0 radical (unpaired) electrons. The normalized spacial score (nSPS) is 19.9. The van der Waals surface area contributed by atoms with Crippen molar-refractivity contribution in [3.8, 4) is 11.5 Å². The lowest BCUT2D eigenvalue weighted by molar-refractivity contribution is -0.146. The van der Waals surface area contributed by atoms with Crippen LogP contribution < -0.4 is 5.32 Å². The van der Waals surface area contributed by atoms with Crippen LogP contribution >= 0.6 is 0 Å². The van der Waals surface area contributed by atoms with Gasteiger partial charge in [0.25, 0.3) is 0 Å². The van der Waals surface area contributed by atoms with Crippen LogP contribution in [-0.2, 0) is 4.79 Å². The van der Waals surface area contributed by atoms with Crippen molar-refractivity contribution < 1.29 is 19.1 Å². The van der Waals surface area contributed by atoms with Crippen LogP contribution in [0.1, 0.15) is 24.6 Å². The SMILES string of the molecule is Cc1coc(-c2cc(NC(=O)N3CC[C@](C)(C(=O)O)C3)ccc2C)n1. The number of anilines is 1. The molecule has 1 saturated heterocycles. The molecule has 25 heavy (non-hydrogen) atoms. The number of hydrogen-bond acceptors (Lipinski definition) is 4. The van der Waals surface area contributed by atoms with Gasteiger partial charge in [-0.15, -0.1) is 0 Å². The molecular formula is C18H21N3O4. The van der Waals surface area contributed by atoms with E-state index in [-0.39, 0.29) is 12.6 Å². The number of nitrogens with zero attached hydrogens (tertiary/aromatic N) is 2. The van der Waals surface area contributed by atoms with Crippen LogP contribution in [-0.4, -0.2) is 40.1 Å². The van der Waals surface area contributed by atoms with E-state index in [2.05, 4.69) is 10.3 Å². The number of carboxylic acids is 1. The third-order valence-electron chi connectivity index (χ3n) is 4.62. The number of rotatable bonds is 3. The van der Waals surface area contributed by atoms with Gasteiger partial charge in [0.15, 0.2) is 0 Å². The minimum Gasteiger partial charge on any atom is -0.481 e. The Labute approximate surface area is 145 Å².